The summed E-state index contributed by atoms with van der Waals surface area (Å²) in [6, 6.07) is 0.504. The molecule has 1 atom stereocenters. The molecular formula is C21H41IN6O. The zero-order chi connectivity index (χ0) is 20.5. The van der Waals surface area contributed by atoms with Crippen molar-refractivity contribution in [3.05, 3.63) is 17.0 Å². The number of aliphatic imine (C=N–C) groups is 1. The van der Waals surface area contributed by atoms with E-state index in [9.17, 15) is 0 Å². The fraction of sp³-hybridized carbons (Fsp3) is 0.810. The summed E-state index contributed by atoms with van der Waals surface area (Å²) in [7, 11) is 1.99. The molecule has 1 fully saturated rings. The van der Waals surface area contributed by atoms with Crippen LogP contribution in [0.1, 0.15) is 50.6 Å². The quantitative estimate of drug-likeness (QED) is 0.298. The molecular weight excluding hydrogens is 479 g/mol. The van der Waals surface area contributed by atoms with Crippen LogP contribution in [0.5, 0.6) is 0 Å². The molecule has 2 heterocycles. The molecule has 2 rings (SSSR count). The van der Waals surface area contributed by atoms with Gasteiger partial charge in [0.2, 0.25) is 0 Å². The van der Waals surface area contributed by atoms with E-state index < -0.39 is 0 Å². The SMILES string of the molecule is CCNC(=NCc1c(C)nn(C)c1C)NCC(C(CC)CC)N1CCOCC1.I. The third-order valence-electron chi connectivity index (χ3n) is 5.98. The van der Waals surface area contributed by atoms with Crippen molar-refractivity contribution in [2.75, 3.05) is 39.4 Å². The van der Waals surface area contributed by atoms with Gasteiger partial charge in [-0.05, 0) is 26.7 Å². The molecule has 1 aliphatic heterocycles. The molecule has 1 aliphatic rings. The third kappa shape index (κ3) is 7.40. The molecule has 0 spiro atoms. The Morgan fingerprint density at radius 1 is 1.14 bits per heavy atom. The van der Waals surface area contributed by atoms with E-state index in [1.807, 2.05) is 11.7 Å². The summed E-state index contributed by atoms with van der Waals surface area (Å²) in [5.41, 5.74) is 3.45. The fourth-order valence-electron chi connectivity index (χ4n) is 4.08. The number of nitrogens with zero attached hydrogens (tertiary/aromatic N) is 4. The number of morpholine rings is 1. The van der Waals surface area contributed by atoms with Gasteiger partial charge in [0, 0.05) is 50.5 Å². The Kier molecular flexibility index (Phi) is 12.1. The smallest absolute Gasteiger partial charge is 0.191 e. The first-order valence-electron chi connectivity index (χ1n) is 10.8. The van der Waals surface area contributed by atoms with Crippen LogP contribution < -0.4 is 10.6 Å². The van der Waals surface area contributed by atoms with Crippen LogP contribution in [0.15, 0.2) is 4.99 Å². The number of guanidine groups is 1. The monoisotopic (exact) mass is 520 g/mol. The van der Waals surface area contributed by atoms with Crippen molar-refractivity contribution in [1.82, 2.24) is 25.3 Å². The minimum atomic E-state index is 0. The summed E-state index contributed by atoms with van der Waals surface area (Å²) >= 11 is 0. The molecule has 2 N–H and O–H groups in total. The number of hydrogen-bond acceptors (Lipinski definition) is 4. The number of aryl methyl sites for hydroxylation is 2. The number of ether oxygens (including phenoxy) is 1. The van der Waals surface area contributed by atoms with Crippen molar-refractivity contribution in [1.29, 1.82) is 0 Å². The van der Waals surface area contributed by atoms with E-state index in [-0.39, 0.29) is 24.0 Å². The summed E-state index contributed by atoms with van der Waals surface area (Å²) in [4.78, 5) is 7.44. The lowest BCUT2D eigenvalue weighted by Crippen LogP contribution is -2.53. The minimum Gasteiger partial charge on any atom is -0.379 e. The average Bonchev–Trinajstić information content (AvgIpc) is 2.95. The van der Waals surface area contributed by atoms with Gasteiger partial charge in [-0.3, -0.25) is 9.58 Å². The second-order valence-corrected chi connectivity index (χ2v) is 7.64. The lowest BCUT2D eigenvalue weighted by atomic mass is 9.92. The van der Waals surface area contributed by atoms with Crippen molar-refractivity contribution in [2.24, 2.45) is 18.0 Å². The maximum Gasteiger partial charge on any atom is 0.191 e. The summed E-state index contributed by atoms with van der Waals surface area (Å²) in [5.74, 6) is 1.56. The van der Waals surface area contributed by atoms with Gasteiger partial charge in [-0.2, -0.15) is 5.10 Å². The molecule has 7 nitrogen and oxygen atoms in total. The summed E-state index contributed by atoms with van der Waals surface area (Å²) < 4.78 is 7.50. The number of rotatable bonds is 9. The standard InChI is InChI=1S/C21H40N6O.HI/c1-7-18(8-2)20(27-10-12-28-13-11-27)15-24-21(22-9-3)23-14-19-16(4)25-26(6)17(19)5;/h18,20H,7-15H2,1-6H3,(H2,22,23,24);1H. The van der Waals surface area contributed by atoms with E-state index in [1.54, 1.807) is 0 Å². The molecule has 1 unspecified atom stereocenters. The third-order valence-corrected chi connectivity index (χ3v) is 5.98. The topological polar surface area (TPSA) is 66.7 Å². The highest BCUT2D eigenvalue weighted by Crippen LogP contribution is 2.19. The fourth-order valence-corrected chi connectivity index (χ4v) is 4.08. The molecule has 0 amide bonds. The highest BCUT2D eigenvalue weighted by Gasteiger charge is 2.27. The van der Waals surface area contributed by atoms with Crippen LogP contribution in [-0.2, 0) is 18.3 Å². The van der Waals surface area contributed by atoms with Crippen molar-refractivity contribution in [2.45, 2.75) is 60.0 Å². The van der Waals surface area contributed by atoms with Crippen LogP contribution in [-0.4, -0.2) is 66.1 Å². The van der Waals surface area contributed by atoms with E-state index in [4.69, 9.17) is 9.73 Å². The minimum absolute atomic E-state index is 0. The Bertz CT molecular complexity index is 623. The van der Waals surface area contributed by atoms with Crippen LogP contribution >= 0.6 is 24.0 Å². The Labute approximate surface area is 194 Å². The van der Waals surface area contributed by atoms with Crippen LogP contribution in [0.4, 0.5) is 0 Å². The Hall–Kier alpha value is -0.870. The lowest BCUT2D eigenvalue weighted by Gasteiger charge is -2.39. The molecule has 0 bridgehead atoms. The van der Waals surface area contributed by atoms with Crippen molar-refractivity contribution >= 4 is 29.9 Å². The molecule has 168 valence electrons. The molecule has 0 radical (unpaired) electrons. The van der Waals surface area contributed by atoms with Gasteiger partial charge in [-0.25, -0.2) is 4.99 Å². The maximum atomic E-state index is 5.57. The van der Waals surface area contributed by atoms with Gasteiger partial charge in [0.1, 0.15) is 0 Å². The van der Waals surface area contributed by atoms with E-state index >= 15 is 0 Å². The normalized spacial score (nSPS) is 16.6. The predicted molar refractivity (Wildman–Crippen MR) is 131 cm³/mol. The first kappa shape index (κ1) is 26.2. The van der Waals surface area contributed by atoms with Crippen LogP contribution in [0, 0.1) is 19.8 Å². The van der Waals surface area contributed by atoms with E-state index in [0.717, 1.165) is 51.0 Å². The highest BCUT2D eigenvalue weighted by atomic mass is 127. The van der Waals surface area contributed by atoms with Gasteiger partial charge in [0.25, 0.3) is 0 Å². The maximum absolute atomic E-state index is 5.57. The second-order valence-electron chi connectivity index (χ2n) is 7.64. The van der Waals surface area contributed by atoms with E-state index in [0.29, 0.717) is 18.5 Å². The number of halogens is 1. The Morgan fingerprint density at radius 2 is 1.79 bits per heavy atom. The number of nitrogens with one attached hydrogen (secondary N) is 2. The largest absolute Gasteiger partial charge is 0.379 e. The zero-order valence-corrected chi connectivity index (χ0v) is 21.5. The lowest BCUT2D eigenvalue weighted by molar-refractivity contribution is 0.00272. The summed E-state index contributed by atoms with van der Waals surface area (Å²) in [5, 5.41) is 11.5. The molecule has 1 saturated heterocycles. The van der Waals surface area contributed by atoms with Crippen molar-refractivity contribution < 1.29 is 4.74 Å². The first-order valence-corrected chi connectivity index (χ1v) is 10.8. The average molecular weight is 521 g/mol. The van der Waals surface area contributed by atoms with E-state index in [1.165, 1.54) is 24.1 Å². The van der Waals surface area contributed by atoms with Gasteiger partial charge in [-0.15, -0.1) is 24.0 Å². The Balaban J connectivity index is 0.00000420. The van der Waals surface area contributed by atoms with Crippen molar-refractivity contribution in [3.63, 3.8) is 0 Å². The van der Waals surface area contributed by atoms with Crippen LogP contribution in [0.25, 0.3) is 0 Å². The molecule has 29 heavy (non-hydrogen) atoms. The van der Waals surface area contributed by atoms with Gasteiger partial charge in [0.15, 0.2) is 5.96 Å². The molecule has 1 aromatic rings. The van der Waals surface area contributed by atoms with Gasteiger partial charge >= 0.3 is 0 Å². The summed E-state index contributed by atoms with van der Waals surface area (Å²) in [6.45, 7) is 17.0. The van der Waals surface area contributed by atoms with Gasteiger partial charge in [-0.1, -0.05) is 26.7 Å². The molecule has 0 aliphatic carbocycles. The van der Waals surface area contributed by atoms with Crippen LogP contribution in [0.2, 0.25) is 0 Å². The summed E-state index contributed by atoms with van der Waals surface area (Å²) in [6.07, 6.45) is 2.39. The molecule has 1 aromatic heterocycles. The molecule has 8 heteroatoms. The predicted octanol–water partition coefficient (Wildman–Crippen LogP) is 2.85. The first-order chi connectivity index (χ1) is 13.5. The number of aromatic nitrogens is 2. The zero-order valence-electron chi connectivity index (χ0n) is 19.1. The molecule has 0 aromatic carbocycles. The van der Waals surface area contributed by atoms with Gasteiger partial charge < -0.3 is 15.4 Å². The van der Waals surface area contributed by atoms with E-state index in [2.05, 4.69) is 55.3 Å². The molecule has 0 saturated carbocycles. The highest BCUT2D eigenvalue weighted by molar-refractivity contribution is 14.0. The van der Waals surface area contributed by atoms with Gasteiger partial charge in [0.05, 0.1) is 25.5 Å². The van der Waals surface area contributed by atoms with Crippen molar-refractivity contribution in [3.8, 4) is 0 Å². The second kappa shape index (κ2) is 13.4. The van der Waals surface area contributed by atoms with Crippen LogP contribution in [0.3, 0.4) is 0 Å². The number of hydrogen-bond donors (Lipinski definition) is 2. The Morgan fingerprint density at radius 3 is 2.31 bits per heavy atom.